The topological polar surface area (TPSA) is 97.6 Å². The molecule has 0 aliphatic carbocycles. The number of imide groups is 1. The molecule has 11 heteroatoms. The molecule has 220 valence electrons. The molecule has 3 amide bonds. The summed E-state index contributed by atoms with van der Waals surface area (Å²) in [4.78, 5) is 50.6. The number of imidazole rings is 1. The minimum Gasteiger partial charge on any atom is -0.465 e. The van der Waals surface area contributed by atoms with E-state index in [2.05, 4.69) is 21.5 Å². The Morgan fingerprint density at radius 1 is 0.927 bits per heavy atom. The average molecular weight is 603 g/mol. The van der Waals surface area contributed by atoms with Crippen LogP contribution in [0.3, 0.4) is 0 Å². The summed E-state index contributed by atoms with van der Waals surface area (Å²) < 4.78 is 6.88. The monoisotopic (exact) mass is 601 g/mol. The number of urea groups is 1. The fraction of sp³-hybridized carbons (Fsp3) is 0.367. The minimum absolute atomic E-state index is 0. The highest BCUT2D eigenvalue weighted by Crippen LogP contribution is 2.27. The molecular weight excluding hydrogens is 565 g/mol. The molecule has 0 atom stereocenters. The molecule has 0 N–H and O–H groups in total. The predicted octanol–water partition coefficient (Wildman–Crippen LogP) is 5.90. The first-order valence-corrected chi connectivity index (χ1v) is 13.4. The van der Waals surface area contributed by atoms with E-state index in [-0.39, 0.29) is 49.3 Å². The number of halogens is 2. The summed E-state index contributed by atoms with van der Waals surface area (Å²) in [6.07, 6.45) is 9.59. The van der Waals surface area contributed by atoms with Crippen molar-refractivity contribution in [3.05, 3.63) is 88.9 Å². The molecule has 1 aliphatic heterocycles. The molecule has 1 aliphatic rings. The van der Waals surface area contributed by atoms with E-state index in [0.29, 0.717) is 30.0 Å². The summed E-state index contributed by atoms with van der Waals surface area (Å²) in [6.45, 7) is 5.23. The number of hydrogen-bond donors (Lipinski definition) is 0. The molecule has 3 aromatic rings. The van der Waals surface area contributed by atoms with Crippen molar-refractivity contribution in [2.75, 3.05) is 13.7 Å². The van der Waals surface area contributed by atoms with Gasteiger partial charge in [-0.2, -0.15) is 0 Å². The number of aryl methyl sites for hydroxylation is 1. The maximum atomic E-state index is 13.5. The van der Waals surface area contributed by atoms with Crippen molar-refractivity contribution in [1.82, 2.24) is 24.3 Å². The van der Waals surface area contributed by atoms with Crippen LogP contribution in [-0.4, -0.2) is 55.9 Å². The number of carbonyl (C=O) groups is 3. The zero-order chi connectivity index (χ0) is 27.8. The number of pyridine rings is 1. The van der Waals surface area contributed by atoms with Gasteiger partial charge >= 0.3 is 12.0 Å². The van der Waals surface area contributed by atoms with Gasteiger partial charge in [-0.25, -0.2) is 14.6 Å². The van der Waals surface area contributed by atoms with Crippen molar-refractivity contribution < 1.29 is 19.1 Å². The van der Waals surface area contributed by atoms with E-state index in [9.17, 15) is 14.4 Å². The first-order chi connectivity index (χ1) is 19.0. The van der Waals surface area contributed by atoms with E-state index in [0.717, 1.165) is 49.2 Å². The number of carbonyl (C=O) groups excluding carboxylic acids is 3. The van der Waals surface area contributed by atoms with Crippen LogP contribution in [0.25, 0.3) is 6.08 Å². The third-order valence-electron chi connectivity index (χ3n) is 6.72. The minimum atomic E-state index is -0.386. The number of ether oxygens (including phenoxy) is 1. The molecule has 0 radical (unpaired) electrons. The highest BCUT2D eigenvalue weighted by Gasteiger charge is 2.40. The summed E-state index contributed by atoms with van der Waals surface area (Å²) in [6, 6.07) is 12.4. The Kier molecular flexibility index (Phi) is 13.0. The third-order valence-corrected chi connectivity index (χ3v) is 6.72. The Morgan fingerprint density at radius 3 is 2.29 bits per heavy atom. The normalized spacial score (nSPS) is 13.8. The highest BCUT2D eigenvalue weighted by atomic mass is 35.5. The number of aromatic nitrogens is 3. The second kappa shape index (κ2) is 15.9. The summed E-state index contributed by atoms with van der Waals surface area (Å²) in [7, 11) is 1.36. The first kappa shape index (κ1) is 33.5. The van der Waals surface area contributed by atoms with E-state index in [1.165, 1.54) is 16.9 Å². The van der Waals surface area contributed by atoms with Crippen LogP contribution in [0.15, 0.2) is 60.6 Å². The first-order valence-electron chi connectivity index (χ1n) is 13.4. The molecule has 1 saturated heterocycles. The second-order valence-electron chi connectivity index (χ2n) is 9.51. The van der Waals surface area contributed by atoms with Gasteiger partial charge in [-0.1, -0.05) is 44.9 Å². The second-order valence-corrected chi connectivity index (χ2v) is 9.51. The molecule has 0 bridgehead atoms. The SMILES string of the molecule is CCCCc1ncc(C=C2C(=O)N(CCCC)C(=O)N2Cc2ccccn2)n1Cc1ccc(C(=O)OC)cc1.Cl.Cl. The van der Waals surface area contributed by atoms with Crippen LogP contribution >= 0.6 is 24.8 Å². The molecule has 3 heterocycles. The maximum Gasteiger partial charge on any atom is 0.337 e. The van der Waals surface area contributed by atoms with Gasteiger partial charge in [0.1, 0.15) is 11.5 Å². The number of benzene rings is 1. The molecular formula is C30H37Cl2N5O4. The van der Waals surface area contributed by atoms with Crippen LogP contribution in [0.1, 0.15) is 72.7 Å². The standard InChI is InChI=1S/C30H35N5O4.2ClH/c1-4-6-11-27-32-19-25(34(27)20-22-12-14-23(15-13-22)29(37)39-3)18-26-28(36)33(17-7-5-2)30(38)35(26)21-24-10-8-9-16-31-24;;/h8-10,12-16,18-19H,4-7,11,17,20-21H2,1-3H3;2*1H. The summed E-state index contributed by atoms with van der Waals surface area (Å²) in [5.41, 5.74) is 3.20. The van der Waals surface area contributed by atoms with Crippen molar-refractivity contribution in [3.8, 4) is 0 Å². The van der Waals surface area contributed by atoms with E-state index >= 15 is 0 Å². The van der Waals surface area contributed by atoms with Crippen LogP contribution in [0, 0.1) is 0 Å². The van der Waals surface area contributed by atoms with Crippen LogP contribution < -0.4 is 0 Å². The number of amides is 3. The summed E-state index contributed by atoms with van der Waals surface area (Å²) >= 11 is 0. The fourth-order valence-corrected chi connectivity index (χ4v) is 4.50. The lowest BCUT2D eigenvalue weighted by atomic mass is 10.1. The number of unbranched alkanes of at least 4 members (excludes halogenated alkanes) is 2. The van der Waals surface area contributed by atoms with Crippen molar-refractivity contribution in [3.63, 3.8) is 0 Å². The quantitative estimate of drug-likeness (QED) is 0.145. The fourth-order valence-electron chi connectivity index (χ4n) is 4.50. The van der Waals surface area contributed by atoms with E-state index in [1.54, 1.807) is 30.6 Å². The van der Waals surface area contributed by atoms with E-state index in [1.807, 2.05) is 37.3 Å². The van der Waals surface area contributed by atoms with Gasteiger partial charge in [0.15, 0.2) is 0 Å². The Morgan fingerprint density at radius 2 is 1.66 bits per heavy atom. The molecule has 2 aromatic heterocycles. The molecule has 0 unspecified atom stereocenters. The lowest BCUT2D eigenvalue weighted by Gasteiger charge is -2.17. The number of nitrogens with zero attached hydrogens (tertiary/aromatic N) is 5. The number of rotatable bonds is 12. The molecule has 9 nitrogen and oxygen atoms in total. The molecule has 1 fully saturated rings. The van der Waals surface area contributed by atoms with Crippen LogP contribution in [0.5, 0.6) is 0 Å². The average Bonchev–Trinajstić information content (AvgIpc) is 3.43. The van der Waals surface area contributed by atoms with E-state index < -0.39 is 0 Å². The van der Waals surface area contributed by atoms with Gasteiger partial charge in [-0.3, -0.25) is 19.6 Å². The zero-order valence-electron chi connectivity index (χ0n) is 23.6. The number of hydrogen-bond acceptors (Lipinski definition) is 6. The Hall–Kier alpha value is -3.69. The van der Waals surface area contributed by atoms with Gasteiger partial charge < -0.3 is 9.30 Å². The van der Waals surface area contributed by atoms with Crippen LogP contribution in [0.2, 0.25) is 0 Å². The molecule has 0 spiro atoms. The van der Waals surface area contributed by atoms with Crippen molar-refractivity contribution in [1.29, 1.82) is 0 Å². The number of esters is 1. The predicted molar refractivity (Wildman–Crippen MR) is 162 cm³/mol. The lowest BCUT2D eigenvalue weighted by Crippen LogP contribution is -2.33. The summed E-state index contributed by atoms with van der Waals surface area (Å²) in [5, 5.41) is 0. The smallest absolute Gasteiger partial charge is 0.337 e. The van der Waals surface area contributed by atoms with Gasteiger partial charge in [0.2, 0.25) is 0 Å². The van der Waals surface area contributed by atoms with Crippen molar-refractivity contribution in [2.45, 2.75) is 59.0 Å². The molecule has 4 rings (SSSR count). The summed E-state index contributed by atoms with van der Waals surface area (Å²) in [5.74, 6) is 0.203. The maximum absolute atomic E-state index is 13.5. The van der Waals surface area contributed by atoms with E-state index in [4.69, 9.17) is 4.74 Å². The Labute approximate surface area is 253 Å². The molecule has 0 saturated carbocycles. The van der Waals surface area contributed by atoms with Crippen molar-refractivity contribution >= 4 is 48.8 Å². The number of methoxy groups -OCH3 is 1. The lowest BCUT2D eigenvalue weighted by molar-refractivity contribution is -0.123. The highest BCUT2D eigenvalue weighted by molar-refractivity contribution is 6.13. The van der Waals surface area contributed by atoms with Gasteiger partial charge in [0.05, 0.1) is 36.8 Å². The van der Waals surface area contributed by atoms with Gasteiger partial charge in [0.25, 0.3) is 5.91 Å². The van der Waals surface area contributed by atoms with Gasteiger partial charge in [-0.15, -0.1) is 24.8 Å². The van der Waals surface area contributed by atoms with Crippen LogP contribution in [0.4, 0.5) is 4.79 Å². The Balaban J connectivity index is 0.00000294. The zero-order valence-corrected chi connectivity index (χ0v) is 25.2. The van der Waals surface area contributed by atoms with Crippen molar-refractivity contribution in [2.24, 2.45) is 0 Å². The Bertz CT molecular complexity index is 1340. The molecule has 41 heavy (non-hydrogen) atoms. The third kappa shape index (κ3) is 7.95. The van der Waals surface area contributed by atoms with Gasteiger partial charge in [0, 0.05) is 25.7 Å². The molecule has 1 aromatic carbocycles. The van der Waals surface area contributed by atoms with Crippen LogP contribution in [-0.2, 0) is 29.0 Å². The van der Waals surface area contributed by atoms with Gasteiger partial charge in [-0.05, 0) is 48.7 Å². The largest absolute Gasteiger partial charge is 0.465 e.